The van der Waals surface area contributed by atoms with Gasteiger partial charge in [-0.15, -0.1) is 0 Å². The van der Waals surface area contributed by atoms with E-state index < -0.39 is 10.0 Å². The lowest BCUT2D eigenvalue weighted by Crippen LogP contribution is -2.43. The molecule has 0 radical (unpaired) electrons. The molecule has 2 aromatic carbocycles. The number of carbonyl (C=O) groups excluding carboxylic acids is 1. The van der Waals surface area contributed by atoms with Crippen molar-refractivity contribution >= 4 is 44.7 Å². The van der Waals surface area contributed by atoms with Gasteiger partial charge in [-0.2, -0.15) is 17.6 Å². The molecule has 1 aromatic heterocycles. The van der Waals surface area contributed by atoms with Gasteiger partial charge in [0, 0.05) is 37.3 Å². The zero-order chi connectivity index (χ0) is 23.6. The van der Waals surface area contributed by atoms with Gasteiger partial charge in [0.25, 0.3) is 22.4 Å². The zero-order valence-corrected chi connectivity index (χ0v) is 18.6. The molecule has 0 unspecified atom stereocenters. The number of anilines is 2. The van der Waals surface area contributed by atoms with Gasteiger partial charge in [-0.1, -0.05) is 0 Å². The van der Waals surface area contributed by atoms with E-state index in [1.165, 1.54) is 12.1 Å². The second-order valence-electron chi connectivity index (χ2n) is 7.47. The van der Waals surface area contributed by atoms with Crippen LogP contribution in [0.4, 0.5) is 11.4 Å². The lowest BCUT2D eigenvalue weighted by Gasteiger charge is -2.29. The smallest absolute Gasteiger partial charge is 0.290 e. The van der Waals surface area contributed by atoms with Crippen molar-refractivity contribution in [3.05, 3.63) is 42.1 Å². The topological polar surface area (TPSA) is 143 Å². The number of aryl methyl sites for hydroxylation is 1. The number of carboxylic acid groups (broad SMARTS) is 1. The molecule has 33 heavy (non-hydrogen) atoms. The quantitative estimate of drug-likeness (QED) is 0.475. The van der Waals surface area contributed by atoms with Gasteiger partial charge in [0.05, 0.1) is 21.8 Å². The second-order valence-corrected chi connectivity index (χ2v) is 9.24. The highest BCUT2D eigenvalue weighted by molar-refractivity contribution is 7.90. The summed E-state index contributed by atoms with van der Waals surface area (Å²) in [6.07, 6.45) is 0. The van der Waals surface area contributed by atoms with Crippen LogP contribution in [-0.4, -0.2) is 67.9 Å². The minimum Gasteiger partial charge on any atom is -0.483 e. The SMILES string of the molecule is Cc1nn(S(=O)(=O)c2ccc3c(c2)NC(=O)CO3)c2cc(N3CCNCC3)ccc12.O=CO. The molecule has 1 amide bonds. The Balaban J connectivity index is 0.000000821. The molecule has 0 aliphatic carbocycles. The Morgan fingerprint density at radius 1 is 1.15 bits per heavy atom. The predicted molar refractivity (Wildman–Crippen MR) is 121 cm³/mol. The molecule has 3 heterocycles. The summed E-state index contributed by atoms with van der Waals surface area (Å²) in [6.45, 7) is 4.94. The van der Waals surface area contributed by atoms with Crippen LogP contribution in [0, 0.1) is 6.92 Å². The zero-order valence-electron chi connectivity index (χ0n) is 17.8. The molecule has 5 rings (SSSR count). The molecule has 11 nitrogen and oxygen atoms in total. The Morgan fingerprint density at radius 2 is 1.88 bits per heavy atom. The summed E-state index contributed by atoms with van der Waals surface area (Å²) in [5, 5.41) is 18.0. The largest absolute Gasteiger partial charge is 0.483 e. The Labute approximate surface area is 190 Å². The van der Waals surface area contributed by atoms with Gasteiger partial charge in [-0.25, -0.2) is 0 Å². The minimum atomic E-state index is -3.98. The number of rotatable bonds is 3. The van der Waals surface area contributed by atoms with Crippen LogP contribution in [0.15, 0.2) is 41.3 Å². The summed E-state index contributed by atoms with van der Waals surface area (Å²) in [6, 6.07) is 10.2. The number of hydrogen-bond acceptors (Lipinski definition) is 8. The Morgan fingerprint density at radius 3 is 2.61 bits per heavy atom. The molecule has 1 saturated heterocycles. The minimum absolute atomic E-state index is 0.0315. The third-order valence-electron chi connectivity index (χ3n) is 5.41. The van der Waals surface area contributed by atoms with Gasteiger partial charge < -0.3 is 25.4 Å². The summed E-state index contributed by atoms with van der Waals surface area (Å²) in [4.78, 5) is 22.2. The number of benzene rings is 2. The van der Waals surface area contributed by atoms with Crippen LogP contribution >= 0.6 is 0 Å². The van der Waals surface area contributed by atoms with Gasteiger partial charge in [0.1, 0.15) is 5.75 Å². The molecule has 0 bridgehead atoms. The maximum absolute atomic E-state index is 13.4. The summed E-state index contributed by atoms with van der Waals surface area (Å²) in [5.41, 5.74) is 2.46. The summed E-state index contributed by atoms with van der Waals surface area (Å²) in [7, 11) is -3.98. The van der Waals surface area contributed by atoms with E-state index in [2.05, 4.69) is 20.6 Å². The first-order valence-corrected chi connectivity index (χ1v) is 11.6. The molecule has 1 fully saturated rings. The van der Waals surface area contributed by atoms with Crippen LogP contribution < -0.4 is 20.3 Å². The van der Waals surface area contributed by atoms with Crippen molar-refractivity contribution in [2.75, 3.05) is 43.0 Å². The van der Waals surface area contributed by atoms with Crippen LogP contribution in [0.1, 0.15) is 5.69 Å². The second kappa shape index (κ2) is 9.08. The van der Waals surface area contributed by atoms with Crippen LogP contribution in [0.2, 0.25) is 0 Å². The third-order valence-corrected chi connectivity index (χ3v) is 6.99. The molecule has 0 atom stereocenters. The summed E-state index contributed by atoms with van der Waals surface area (Å²) < 4.78 is 33.3. The molecule has 2 aliphatic heterocycles. The van der Waals surface area contributed by atoms with E-state index in [0.29, 0.717) is 22.6 Å². The number of hydrogen-bond donors (Lipinski definition) is 3. The molecule has 0 saturated carbocycles. The van der Waals surface area contributed by atoms with Crippen LogP contribution in [0.25, 0.3) is 10.9 Å². The molecule has 0 spiro atoms. The third kappa shape index (κ3) is 4.34. The summed E-state index contributed by atoms with van der Waals surface area (Å²) in [5.74, 6) is 0.120. The van der Waals surface area contributed by atoms with Crippen molar-refractivity contribution in [3.8, 4) is 5.75 Å². The van der Waals surface area contributed by atoms with E-state index in [1.807, 2.05) is 18.2 Å². The molecule has 3 aromatic rings. The molecular formula is C21H23N5O6S. The highest BCUT2D eigenvalue weighted by atomic mass is 32.2. The highest BCUT2D eigenvalue weighted by Gasteiger charge is 2.26. The highest BCUT2D eigenvalue weighted by Crippen LogP contribution is 2.32. The van der Waals surface area contributed by atoms with E-state index in [9.17, 15) is 13.2 Å². The van der Waals surface area contributed by atoms with E-state index >= 15 is 0 Å². The molecule has 2 aliphatic rings. The van der Waals surface area contributed by atoms with Crippen molar-refractivity contribution in [2.45, 2.75) is 11.8 Å². The van der Waals surface area contributed by atoms with E-state index in [4.69, 9.17) is 14.6 Å². The lowest BCUT2D eigenvalue weighted by molar-refractivity contribution is -0.123. The van der Waals surface area contributed by atoms with Gasteiger partial charge in [0.15, 0.2) is 6.61 Å². The predicted octanol–water partition coefficient (Wildman–Crippen LogP) is 1.02. The van der Waals surface area contributed by atoms with Crippen molar-refractivity contribution in [1.82, 2.24) is 14.5 Å². The monoisotopic (exact) mass is 473 g/mol. The number of aromatic nitrogens is 2. The fourth-order valence-electron chi connectivity index (χ4n) is 3.85. The van der Waals surface area contributed by atoms with Gasteiger partial charge in [-0.3, -0.25) is 9.59 Å². The molecule has 3 N–H and O–H groups in total. The average molecular weight is 474 g/mol. The van der Waals surface area contributed by atoms with Crippen LogP contribution in [-0.2, 0) is 19.6 Å². The first-order chi connectivity index (χ1) is 15.8. The van der Waals surface area contributed by atoms with Gasteiger partial charge >= 0.3 is 0 Å². The standard InChI is InChI=1S/C20H21N5O4S.CH2O2/c1-13-16-4-2-14(24-8-6-21-7-9-24)10-18(16)25(23-13)30(27,28)15-3-5-19-17(11-15)22-20(26)12-29-19;2-1-3/h2-5,10-11,21H,6-9,12H2,1H3,(H,22,26);1H,(H,2,3). The van der Waals surface area contributed by atoms with E-state index in [0.717, 1.165) is 41.3 Å². The van der Waals surface area contributed by atoms with Crippen LogP contribution in [0.5, 0.6) is 5.75 Å². The van der Waals surface area contributed by atoms with Crippen molar-refractivity contribution < 1.29 is 27.9 Å². The maximum atomic E-state index is 13.4. The average Bonchev–Trinajstić information content (AvgIpc) is 3.16. The number of ether oxygens (including phenoxy) is 1. The van der Waals surface area contributed by atoms with Gasteiger partial charge in [-0.05, 0) is 43.3 Å². The molecule has 174 valence electrons. The number of nitrogens with one attached hydrogen (secondary N) is 2. The summed E-state index contributed by atoms with van der Waals surface area (Å²) >= 11 is 0. The van der Waals surface area contributed by atoms with Crippen molar-refractivity contribution in [2.24, 2.45) is 0 Å². The first-order valence-electron chi connectivity index (χ1n) is 10.2. The lowest BCUT2D eigenvalue weighted by atomic mass is 10.2. The number of nitrogens with zero attached hydrogens (tertiary/aromatic N) is 3. The Bertz CT molecular complexity index is 1310. The number of piperazine rings is 1. The normalized spacial score (nSPS) is 15.7. The fourth-order valence-corrected chi connectivity index (χ4v) is 5.20. The van der Waals surface area contributed by atoms with Crippen molar-refractivity contribution in [1.29, 1.82) is 0 Å². The molecular weight excluding hydrogens is 450 g/mol. The fraction of sp³-hybridized carbons (Fsp3) is 0.286. The number of amides is 1. The van der Waals surface area contributed by atoms with Crippen LogP contribution in [0.3, 0.4) is 0 Å². The van der Waals surface area contributed by atoms with E-state index in [-0.39, 0.29) is 23.9 Å². The maximum Gasteiger partial charge on any atom is 0.290 e. The molecule has 12 heteroatoms. The van der Waals surface area contributed by atoms with E-state index in [1.54, 1.807) is 13.0 Å². The van der Waals surface area contributed by atoms with Gasteiger partial charge in [0.2, 0.25) is 0 Å². The van der Waals surface area contributed by atoms with Crippen molar-refractivity contribution in [3.63, 3.8) is 0 Å². The first kappa shape index (κ1) is 22.6. The Kier molecular flexibility index (Phi) is 6.20. The number of fused-ring (bicyclic) bond motifs is 2. The Hall–Kier alpha value is -3.64. The number of carbonyl (C=O) groups is 2.